The standard InChI is InChI=1S/C20H22N2O3/c1-2-22(16-9-4-3-5-10-16)19(23)14-25-20(24)18-13-12-15-8-6-7-11-17(15)21-18/h6-9,11-13H,2-5,10,14H2,1H3. The van der Waals surface area contributed by atoms with Crippen LogP contribution in [0.3, 0.4) is 0 Å². The Morgan fingerprint density at radius 1 is 1.16 bits per heavy atom. The number of esters is 1. The Bertz CT molecular complexity index is 813. The van der Waals surface area contributed by atoms with Crippen molar-refractivity contribution in [2.75, 3.05) is 13.2 Å². The molecule has 0 aliphatic heterocycles. The smallest absolute Gasteiger partial charge is 0.357 e. The fraction of sp³-hybridized carbons (Fsp3) is 0.350. The average molecular weight is 338 g/mol. The maximum atomic E-state index is 12.4. The van der Waals surface area contributed by atoms with Crippen molar-refractivity contribution in [2.45, 2.75) is 32.6 Å². The molecule has 5 heteroatoms. The van der Waals surface area contributed by atoms with Gasteiger partial charge in [0.1, 0.15) is 5.69 Å². The number of ether oxygens (including phenoxy) is 1. The Morgan fingerprint density at radius 2 is 2.00 bits per heavy atom. The molecule has 0 unspecified atom stereocenters. The third-order valence-corrected chi connectivity index (χ3v) is 4.37. The van der Waals surface area contributed by atoms with Gasteiger partial charge in [-0.2, -0.15) is 0 Å². The predicted molar refractivity (Wildman–Crippen MR) is 96.0 cm³/mol. The molecule has 0 spiro atoms. The second kappa shape index (κ2) is 7.92. The van der Waals surface area contributed by atoms with E-state index < -0.39 is 5.97 Å². The topological polar surface area (TPSA) is 59.5 Å². The quantitative estimate of drug-likeness (QED) is 0.780. The van der Waals surface area contributed by atoms with Gasteiger partial charge in [-0.1, -0.05) is 30.3 Å². The summed E-state index contributed by atoms with van der Waals surface area (Å²) >= 11 is 0. The summed E-state index contributed by atoms with van der Waals surface area (Å²) in [5, 5.41) is 0.955. The highest BCUT2D eigenvalue weighted by molar-refractivity contribution is 5.92. The molecule has 1 heterocycles. The van der Waals surface area contributed by atoms with Gasteiger partial charge in [-0.05, 0) is 44.7 Å². The maximum absolute atomic E-state index is 12.4. The van der Waals surface area contributed by atoms with Gasteiger partial charge < -0.3 is 9.64 Å². The van der Waals surface area contributed by atoms with Gasteiger partial charge in [-0.15, -0.1) is 0 Å². The van der Waals surface area contributed by atoms with Gasteiger partial charge in [0.2, 0.25) is 0 Å². The third kappa shape index (κ3) is 4.05. The normalized spacial score (nSPS) is 14.0. The lowest BCUT2D eigenvalue weighted by atomic mass is 10.0. The molecule has 3 rings (SSSR count). The van der Waals surface area contributed by atoms with Gasteiger partial charge in [0.25, 0.3) is 5.91 Å². The molecule has 2 aromatic rings. The van der Waals surface area contributed by atoms with Crippen molar-refractivity contribution in [3.63, 3.8) is 0 Å². The number of aromatic nitrogens is 1. The zero-order valence-corrected chi connectivity index (χ0v) is 14.4. The first-order valence-electron chi connectivity index (χ1n) is 8.71. The number of carbonyl (C=O) groups is 2. The molecule has 130 valence electrons. The van der Waals surface area contributed by atoms with E-state index in [1.54, 1.807) is 11.0 Å². The van der Waals surface area contributed by atoms with E-state index in [4.69, 9.17) is 4.74 Å². The molecule has 25 heavy (non-hydrogen) atoms. The first kappa shape index (κ1) is 17.1. The van der Waals surface area contributed by atoms with E-state index in [9.17, 15) is 9.59 Å². The molecule has 1 aliphatic carbocycles. The van der Waals surface area contributed by atoms with Crippen LogP contribution in [0.4, 0.5) is 0 Å². The third-order valence-electron chi connectivity index (χ3n) is 4.37. The molecule has 0 fully saturated rings. The van der Waals surface area contributed by atoms with Crippen LogP contribution in [0, 0.1) is 0 Å². The van der Waals surface area contributed by atoms with E-state index in [0.29, 0.717) is 6.54 Å². The SMILES string of the molecule is CCN(C(=O)COC(=O)c1ccc2ccccc2n1)C1=CCCCC1. The molecule has 1 aromatic heterocycles. The van der Waals surface area contributed by atoms with Crippen LogP contribution in [0.5, 0.6) is 0 Å². The highest BCUT2D eigenvalue weighted by Crippen LogP contribution is 2.21. The van der Waals surface area contributed by atoms with E-state index in [0.717, 1.165) is 42.3 Å². The minimum absolute atomic E-state index is 0.190. The summed E-state index contributed by atoms with van der Waals surface area (Å²) in [4.78, 5) is 30.6. The molecule has 1 aliphatic rings. The number of fused-ring (bicyclic) bond motifs is 1. The number of benzene rings is 1. The van der Waals surface area contributed by atoms with Crippen molar-refractivity contribution in [1.82, 2.24) is 9.88 Å². The van der Waals surface area contributed by atoms with E-state index in [-0.39, 0.29) is 18.2 Å². The summed E-state index contributed by atoms with van der Waals surface area (Å²) in [6.07, 6.45) is 6.27. The van der Waals surface area contributed by atoms with Crippen LogP contribution < -0.4 is 0 Å². The van der Waals surface area contributed by atoms with Crippen LogP contribution in [0.1, 0.15) is 43.1 Å². The number of allylic oxidation sites excluding steroid dienone is 2. The van der Waals surface area contributed by atoms with Gasteiger partial charge in [-0.3, -0.25) is 4.79 Å². The van der Waals surface area contributed by atoms with E-state index in [1.165, 1.54) is 0 Å². The fourth-order valence-electron chi connectivity index (χ4n) is 3.06. The van der Waals surface area contributed by atoms with E-state index in [2.05, 4.69) is 11.1 Å². The maximum Gasteiger partial charge on any atom is 0.357 e. The molecule has 1 aromatic carbocycles. The molecule has 0 N–H and O–H groups in total. The van der Waals surface area contributed by atoms with E-state index in [1.807, 2.05) is 37.3 Å². The van der Waals surface area contributed by atoms with Crippen LogP contribution in [0.25, 0.3) is 10.9 Å². The second-order valence-electron chi connectivity index (χ2n) is 6.04. The van der Waals surface area contributed by atoms with Crippen LogP contribution in [-0.2, 0) is 9.53 Å². The van der Waals surface area contributed by atoms with Crippen molar-refractivity contribution in [1.29, 1.82) is 0 Å². The van der Waals surface area contributed by atoms with Crippen LogP contribution >= 0.6 is 0 Å². The van der Waals surface area contributed by atoms with Crippen molar-refractivity contribution >= 4 is 22.8 Å². The summed E-state index contributed by atoms with van der Waals surface area (Å²) < 4.78 is 5.19. The molecular weight excluding hydrogens is 316 g/mol. The van der Waals surface area contributed by atoms with Gasteiger partial charge >= 0.3 is 5.97 Å². The molecule has 0 saturated carbocycles. The van der Waals surface area contributed by atoms with Crippen molar-refractivity contribution < 1.29 is 14.3 Å². The van der Waals surface area contributed by atoms with Gasteiger partial charge in [0, 0.05) is 17.6 Å². The first-order chi connectivity index (χ1) is 12.2. The molecule has 0 radical (unpaired) electrons. The summed E-state index contributed by atoms with van der Waals surface area (Å²) in [6, 6.07) is 11.0. The Labute approximate surface area is 147 Å². The minimum Gasteiger partial charge on any atom is -0.451 e. The van der Waals surface area contributed by atoms with E-state index >= 15 is 0 Å². The highest BCUT2D eigenvalue weighted by Gasteiger charge is 2.20. The van der Waals surface area contributed by atoms with Crippen molar-refractivity contribution in [3.8, 4) is 0 Å². The Kier molecular flexibility index (Phi) is 5.43. The lowest BCUT2D eigenvalue weighted by molar-refractivity contribution is -0.132. The van der Waals surface area contributed by atoms with Crippen LogP contribution in [0.2, 0.25) is 0 Å². The molecule has 0 bridgehead atoms. The lowest BCUT2D eigenvalue weighted by Gasteiger charge is -2.26. The van der Waals surface area contributed by atoms with Crippen LogP contribution in [-0.4, -0.2) is 34.9 Å². The average Bonchev–Trinajstić information content (AvgIpc) is 2.67. The number of rotatable bonds is 5. The summed E-state index contributed by atoms with van der Waals surface area (Å²) in [5.74, 6) is -0.766. The number of amides is 1. The zero-order valence-electron chi connectivity index (χ0n) is 14.4. The summed E-state index contributed by atoms with van der Waals surface area (Å²) in [6.45, 7) is 2.25. The highest BCUT2D eigenvalue weighted by atomic mass is 16.5. The largest absolute Gasteiger partial charge is 0.451 e. The molecular formula is C20H22N2O3. The number of pyridine rings is 1. The Hall–Kier alpha value is -2.69. The second-order valence-corrected chi connectivity index (χ2v) is 6.04. The fourth-order valence-corrected chi connectivity index (χ4v) is 3.06. The van der Waals surface area contributed by atoms with Crippen molar-refractivity contribution in [3.05, 3.63) is 53.9 Å². The number of carbonyl (C=O) groups excluding carboxylic acids is 2. The zero-order chi connectivity index (χ0) is 17.6. The Morgan fingerprint density at radius 3 is 2.76 bits per heavy atom. The van der Waals surface area contributed by atoms with Crippen LogP contribution in [0.15, 0.2) is 48.2 Å². The lowest BCUT2D eigenvalue weighted by Crippen LogP contribution is -2.34. The number of hydrogen-bond acceptors (Lipinski definition) is 4. The monoisotopic (exact) mass is 338 g/mol. The predicted octanol–water partition coefficient (Wildman–Crippen LogP) is 3.70. The van der Waals surface area contributed by atoms with Gasteiger partial charge in [0.05, 0.1) is 5.52 Å². The van der Waals surface area contributed by atoms with Gasteiger partial charge in [0.15, 0.2) is 6.61 Å². The number of para-hydroxylation sites is 1. The van der Waals surface area contributed by atoms with Gasteiger partial charge in [-0.25, -0.2) is 9.78 Å². The summed E-state index contributed by atoms with van der Waals surface area (Å²) in [5.41, 5.74) is 1.98. The number of nitrogens with zero attached hydrogens (tertiary/aromatic N) is 2. The summed E-state index contributed by atoms with van der Waals surface area (Å²) in [7, 11) is 0. The molecule has 5 nitrogen and oxygen atoms in total. The molecule has 1 amide bonds. The minimum atomic E-state index is -0.576. The first-order valence-corrected chi connectivity index (χ1v) is 8.71. The number of likely N-dealkylation sites (N-methyl/N-ethyl adjacent to an activating group) is 1. The van der Waals surface area contributed by atoms with Crippen molar-refractivity contribution in [2.24, 2.45) is 0 Å². The Balaban J connectivity index is 1.63. The molecule has 0 atom stereocenters. The number of hydrogen-bond donors (Lipinski definition) is 0. The molecule has 0 saturated heterocycles.